The van der Waals surface area contributed by atoms with Crippen LogP contribution in [0.15, 0.2) is 41.5 Å². The zero-order chi connectivity index (χ0) is 14.7. The molecule has 0 heterocycles. The fraction of sp³-hybridized carbons (Fsp3) is 0.312. The van der Waals surface area contributed by atoms with Crippen molar-refractivity contribution in [2.24, 2.45) is 16.9 Å². The maximum Gasteiger partial charge on any atom is 0.277 e. The Labute approximate surface area is 122 Å². The van der Waals surface area contributed by atoms with Gasteiger partial charge in [-0.15, -0.1) is 0 Å². The molecule has 2 atom stereocenters. The fourth-order valence-corrected chi connectivity index (χ4v) is 2.60. The Morgan fingerprint density at radius 1 is 1.43 bits per heavy atom. The molecule has 1 aromatic rings. The van der Waals surface area contributed by atoms with Crippen molar-refractivity contribution in [2.75, 3.05) is 6.61 Å². The molecule has 1 fully saturated rings. The van der Waals surface area contributed by atoms with Crippen LogP contribution in [0.4, 0.5) is 0 Å². The SMILES string of the molecule is N#Cc1ccc(OCC(=O)N/N=C2\CC3C=CCC23)cc1. The van der Waals surface area contributed by atoms with Gasteiger partial charge >= 0.3 is 0 Å². The van der Waals surface area contributed by atoms with Gasteiger partial charge in [0.25, 0.3) is 5.91 Å². The van der Waals surface area contributed by atoms with Crippen molar-refractivity contribution in [2.45, 2.75) is 12.8 Å². The van der Waals surface area contributed by atoms with Gasteiger partial charge < -0.3 is 4.74 Å². The molecule has 1 saturated carbocycles. The van der Waals surface area contributed by atoms with Crippen molar-refractivity contribution in [1.29, 1.82) is 5.26 Å². The van der Waals surface area contributed by atoms with Crippen LogP contribution in [0.5, 0.6) is 5.75 Å². The number of carbonyl (C=O) groups is 1. The molecular formula is C16H15N3O2. The van der Waals surface area contributed by atoms with E-state index in [2.05, 4.69) is 22.7 Å². The van der Waals surface area contributed by atoms with Crippen LogP contribution in [0.2, 0.25) is 0 Å². The summed E-state index contributed by atoms with van der Waals surface area (Å²) in [7, 11) is 0. The second-order valence-corrected chi connectivity index (χ2v) is 5.20. The Hall–Kier alpha value is -2.61. The Kier molecular flexibility index (Phi) is 3.69. The minimum absolute atomic E-state index is 0.0883. The lowest BCUT2D eigenvalue weighted by atomic mass is 9.74. The van der Waals surface area contributed by atoms with Crippen LogP contribution in [0.3, 0.4) is 0 Å². The number of rotatable bonds is 4. The van der Waals surface area contributed by atoms with Crippen molar-refractivity contribution < 1.29 is 9.53 Å². The van der Waals surface area contributed by atoms with Crippen LogP contribution in [0.25, 0.3) is 0 Å². The summed E-state index contributed by atoms with van der Waals surface area (Å²) < 4.78 is 5.33. The Balaban J connectivity index is 1.44. The highest BCUT2D eigenvalue weighted by molar-refractivity contribution is 5.94. The number of hydrazone groups is 1. The number of allylic oxidation sites excluding steroid dienone is 2. The molecule has 2 aliphatic carbocycles. The number of fused-ring (bicyclic) bond motifs is 1. The highest BCUT2D eigenvalue weighted by atomic mass is 16.5. The number of nitrogens with one attached hydrogen (secondary N) is 1. The van der Waals surface area contributed by atoms with E-state index in [1.165, 1.54) is 0 Å². The maximum absolute atomic E-state index is 11.7. The second kappa shape index (κ2) is 5.80. The lowest BCUT2D eigenvalue weighted by Crippen LogP contribution is -2.36. The van der Waals surface area contributed by atoms with Crippen LogP contribution >= 0.6 is 0 Å². The van der Waals surface area contributed by atoms with Crippen molar-refractivity contribution in [3.05, 3.63) is 42.0 Å². The first-order valence-corrected chi connectivity index (χ1v) is 6.91. The lowest BCUT2D eigenvalue weighted by Gasteiger charge is -2.31. The number of nitriles is 1. The maximum atomic E-state index is 11.7. The van der Waals surface area contributed by atoms with Gasteiger partial charge in [0.05, 0.1) is 11.6 Å². The van der Waals surface area contributed by atoms with Crippen molar-refractivity contribution in [3.8, 4) is 11.8 Å². The van der Waals surface area contributed by atoms with Crippen molar-refractivity contribution in [1.82, 2.24) is 5.43 Å². The predicted octanol–water partition coefficient (Wildman–Crippen LogP) is 2.01. The normalized spacial score (nSPS) is 24.0. The van der Waals surface area contributed by atoms with E-state index >= 15 is 0 Å². The van der Waals surface area contributed by atoms with Crippen LogP contribution in [-0.4, -0.2) is 18.2 Å². The van der Waals surface area contributed by atoms with Gasteiger partial charge in [-0.2, -0.15) is 10.4 Å². The van der Waals surface area contributed by atoms with E-state index in [4.69, 9.17) is 10.00 Å². The predicted molar refractivity (Wildman–Crippen MR) is 77.6 cm³/mol. The van der Waals surface area contributed by atoms with Gasteiger partial charge in [0.15, 0.2) is 6.61 Å². The number of amides is 1. The summed E-state index contributed by atoms with van der Waals surface area (Å²) in [5.41, 5.74) is 4.16. The summed E-state index contributed by atoms with van der Waals surface area (Å²) in [6.07, 6.45) is 6.37. The van der Waals surface area contributed by atoms with Gasteiger partial charge in [0.2, 0.25) is 0 Å². The summed E-state index contributed by atoms with van der Waals surface area (Å²) in [4.78, 5) is 11.7. The summed E-state index contributed by atoms with van der Waals surface area (Å²) >= 11 is 0. The number of carbonyl (C=O) groups excluding carboxylic acids is 1. The topological polar surface area (TPSA) is 74.5 Å². The molecule has 1 N–H and O–H groups in total. The van der Waals surface area contributed by atoms with E-state index in [1.807, 2.05) is 6.07 Å². The highest BCUT2D eigenvalue weighted by Gasteiger charge is 2.37. The molecule has 2 aliphatic rings. The standard InChI is InChI=1S/C16H15N3O2/c17-9-11-4-6-13(7-5-11)21-10-16(20)19-18-15-8-12-2-1-3-14(12)15/h1-2,4-7,12,14H,3,8,10H2,(H,19,20)/b18-15+. The molecule has 3 rings (SSSR count). The zero-order valence-electron chi connectivity index (χ0n) is 11.5. The molecule has 0 saturated heterocycles. The number of benzene rings is 1. The molecule has 106 valence electrons. The molecule has 21 heavy (non-hydrogen) atoms. The third-order valence-corrected chi connectivity index (χ3v) is 3.84. The molecule has 1 aromatic carbocycles. The fourth-order valence-electron chi connectivity index (χ4n) is 2.60. The van der Waals surface area contributed by atoms with Gasteiger partial charge in [-0.3, -0.25) is 4.79 Å². The minimum Gasteiger partial charge on any atom is -0.484 e. The van der Waals surface area contributed by atoms with E-state index in [0.717, 1.165) is 18.6 Å². The van der Waals surface area contributed by atoms with Crippen LogP contribution in [0.1, 0.15) is 18.4 Å². The van der Waals surface area contributed by atoms with E-state index in [0.29, 0.717) is 23.1 Å². The van der Waals surface area contributed by atoms with Gasteiger partial charge in [0, 0.05) is 11.6 Å². The third kappa shape index (κ3) is 2.95. The Bertz CT molecular complexity index is 640. The molecule has 0 bridgehead atoms. The molecule has 0 aliphatic heterocycles. The van der Waals surface area contributed by atoms with Crippen LogP contribution in [-0.2, 0) is 4.79 Å². The van der Waals surface area contributed by atoms with Crippen molar-refractivity contribution >= 4 is 11.6 Å². The van der Waals surface area contributed by atoms with Gasteiger partial charge in [-0.1, -0.05) is 12.2 Å². The van der Waals surface area contributed by atoms with E-state index in [-0.39, 0.29) is 12.5 Å². The summed E-state index contributed by atoms with van der Waals surface area (Å²) in [5.74, 6) is 1.39. The molecule has 0 aromatic heterocycles. The molecular weight excluding hydrogens is 266 g/mol. The molecule has 5 nitrogen and oxygen atoms in total. The van der Waals surface area contributed by atoms with Gasteiger partial charge in [-0.05, 0) is 43.0 Å². The average Bonchev–Trinajstić information content (AvgIpc) is 2.87. The lowest BCUT2D eigenvalue weighted by molar-refractivity contribution is -0.123. The summed E-state index contributed by atoms with van der Waals surface area (Å²) in [6, 6.07) is 8.65. The van der Waals surface area contributed by atoms with Gasteiger partial charge in [-0.25, -0.2) is 5.43 Å². The number of ether oxygens (including phenoxy) is 1. The van der Waals surface area contributed by atoms with Crippen LogP contribution in [0, 0.1) is 23.2 Å². The first-order chi connectivity index (χ1) is 10.3. The Morgan fingerprint density at radius 3 is 2.95 bits per heavy atom. The summed E-state index contributed by atoms with van der Waals surface area (Å²) in [6.45, 7) is -0.0883. The second-order valence-electron chi connectivity index (χ2n) is 5.20. The highest BCUT2D eigenvalue weighted by Crippen LogP contribution is 2.39. The van der Waals surface area contributed by atoms with E-state index in [9.17, 15) is 4.79 Å². The molecule has 0 spiro atoms. The number of hydrogen-bond donors (Lipinski definition) is 1. The zero-order valence-corrected chi connectivity index (χ0v) is 11.5. The first kappa shape index (κ1) is 13.4. The quantitative estimate of drug-likeness (QED) is 0.677. The van der Waals surface area contributed by atoms with Crippen LogP contribution < -0.4 is 10.2 Å². The number of hydrogen-bond acceptors (Lipinski definition) is 4. The molecule has 2 unspecified atom stereocenters. The van der Waals surface area contributed by atoms with Crippen molar-refractivity contribution in [3.63, 3.8) is 0 Å². The summed E-state index contributed by atoms with van der Waals surface area (Å²) in [5, 5.41) is 12.9. The van der Waals surface area contributed by atoms with E-state index < -0.39 is 0 Å². The molecule has 5 heteroatoms. The monoisotopic (exact) mass is 281 g/mol. The molecule has 0 radical (unpaired) electrons. The van der Waals surface area contributed by atoms with Gasteiger partial charge in [0.1, 0.15) is 5.75 Å². The Morgan fingerprint density at radius 2 is 2.24 bits per heavy atom. The number of nitrogens with zero attached hydrogens (tertiary/aromatic N) is 2. The smallest absolute Gasteiger partial charge is 0.277 e. The third-order valence-electron chi connectivity index (χ3n) is 3.84. The largest absolute Gasteiger partial charge is 0.484 e. The minimum atomic E-state index is -0.277. The first-order valence-electron chi connectivity index (χ1n) is 6.91. The average molecular weight is 281 g/mol. The molecule has 1 amide bonds. The van der Waals surface area contributed by atoms with E-state index in [1.54, 1.807) is 24.3 Å².